The van der Waals surface area contributed by atoms with Crippen LogP contribution in [0.5, 0.6) is 0 Å². The van der Waals surface area contributed by atoms with Gasteiger partial charge in [0, 0.05) is 12.0 Å². The van der Waals surface area contributed by atoms with Crippen LogP contribution in [0.2, 0.25) is 0 Å². The summed E-state index contributed by atoms with van der Waals surface area (Å²) < 4.78 is 5.89. The molecule has 2 N–H and O–H groups in total. The van der Waals surface area contributed by atoms with Gasteiger partial charge in [0.15, 0.2) is 11.9 Å². The van der Waals surface area contributed by atoms with Gasteiger partial charge in [-0.1, -0.05) is 92.8 Å². The van der Waals surface area contributed by atoms with Crippen molar-refractivity contribution in [3.8, 4) is 11.3 Å². The molecule has 1 fully saturated rings. The predicted octanol–water partition coefficient (Wildman–Crippen LogP) is 5.85. The van der Waals surface area contributed by atoms with E-state index in [4.69, 9.17) is 4.42 Å². The van der Waals surface area contributed by atoms with Gasteiger partial charge in [-0.25, -0.2) is 4.98 Å². The topological polar surface area (TPSA) is 75.4 Å². The zero-order valence-electron chi connectivity index (χ0n) is 19.2. The van der Waals surface area contributed by atoms with Crippen molar-refractivity contribution in [2.75, 3.05) is 0 Å². The number of aliphatic hydroxyl groups is 1. The lowest BCUT2D eigenvalue weighted by molar-refractivity contribution is -0.123. The number of benzene rings is 2. The van der Waals surface area contributed by atoms with Crippen molar-refractivity contribution in [3.05, 3.63) is 78.3 Å². The average Bonchev–Trinajstić information content (AvgIpc) is 3.37. The normalized spacial score (nSPS) is 16.3. The second-order valence-corrected chi connectivity index (χ2v) is 9.11. The van der Waals surface area contributed by atoms with Gasteiger partial charge in [-0.05, 0) is 30.7 Å². The molecule has 1 heterocycles. The van der Waals surface area contributed by atoms with E-state index in [1.165, 1.54) is 37.7 Å². The smallest absolute Gasteiger partial charge is 0.225 e. The van der Waals surface area contributed by atoms with Gasteiger partial charge in [-0.2, -0.15) is 0 Å². The second kappa shape index (κ2) is 11.8. The van der Waals surface area contributed by atoms with E-state index < -0.39 is 12.1 Å². The molecule has 174 valence electrons. The minimum absolute atomic E-state index is 0.00692. The first kappa shape index (κ1) is 23.2. The summed E-state index contributed by atoms with van der Waals surface area (Å²) >= 11 is 0. The molecule has 0 saturated heterocycles. The van der Waals surface area contributed by atoms with Crippen LogP contribution < -0.4 is 5.32 Å². The van der Waals surface area contributed by atoms with Crippen molar-refractivity contribution in [1.82, 2.24) is 10.3 Å². The highest BCUT2D eigenvalue weighted by molar-refractivity contribution is 5.76. The summed E-state index contributed by atoms with van der Waals surface area (Å²) in [6, 6.07) is 19.3. The van der Waals surface area contributed by atoms with Gasteiger partial charge >= 0.3 is 0 Å². The molecule has 2 aromatic carbocycles. The molecule has 0 aliphatic heterocycles. The molecular weight excluding hydrogens is 412 g/mol. The van der Waals surface area contributed by atoms with Crippen LogP contribution in [0.3, 0.4) is 0 Å². The van der Waals surface area contributed by atoms with E-state index in [1.54, 1.807) is 6.20 Å². The third kappa shape index (κ3) is 6.78. The Morgan fingerprint density at radius 1 is 1.03 bits per heavy atom. The van der Waals surface area contributed by atoms with Crippen molar-refractivity contribution in [3.63, 3.8) is 0 Å². The van der Waals surface area contributed by atoms with Gasteiger partial charge < -0.3 is 14.8 Å². The fourth-order valence-corrected chi connectivity index (χ4v) is 4.70. The number of aliphatic hydroxyl groups excluding tert-OH is 1. The number of carbonyl (C=O) groups excluding carboxylic acids is 1. The molecular formula is C28H34N2O3. The first-order chi connectivity index (χ1) is 16.2. The summed E-state index contributed by atoms with van der Waals surface area (Å²) in [5.74, 6) is 1.49. The number of carbonyl (C=O) groups is 1. The van der Waals surface area contributed by atoms with Crippen LogP contribution in [0.4, 0.5) is 0 Å². The van der Waals surface area contributed by atoms with Crippen molar-refractivity contribution in [1.29, 1.82) is 0 Å². The van der Waals surface area contributed by atoms with Gasteiger partial charge in [-0.15, -0.1) is 0 Å². The number of nitrogens with zero attached hydrogens (tertiary/aromatic N) is 1. The zero-order valence-corrected chi connectivity index (χ0v) is 19.2. The highest BCUT2D eigenvalue weighted by Gasteiger charge is 2.27. The molecule has 1 aliphatic carbocycles. The Morgan fingerprint density at radius 3 is 2.45 bits per heavy atom. The molecule has 5 nitrogen and oxygen atoms in total. The SMILES string of the molecule is O=C(CCC1CCCCC1)N[C@@H](CCc1ccccc1)C(O)c1ncc(-c2ccccc2)o1. The molecule has 3 aromatic rings. The Bertz CT molecular complexity index is 981. The summed E-state index contributed by atoms with van der Waals surface area (Å²) in [6.45, 7) is 0. The molecule has 0 bridgehead atoms. The molecule has 0 radical (unpaired) electrons. The summed E-state index contributed by atoms with van der Waals surface area (Å²) in [4.78, 5) is 17.1. The largest absolute Gasteiger partial charge is 0.438 e. The first-order valence-corrected chi connectivity index (χ1v) is 12.2. The molecule has 33 heavy (non-hydrogen) atoms. The van der Waals surface area contributed by atoms with Crippen molar-refractivity contribution in [2.24, 2.45) is 5.92 Å². The number of amides is 1. The van der Waals surface area contributed by atoms with Gasteiger partial charge in [-0.3, -0.25) is 4.79 Å². The summed E-state index contributed by atoms with van der Waals surface area (Å²) in [5, 5.41) is 14.2. The molecule has 1 saturated carbocycles. The Labute approximate surface area is 196 Å². The van der Waals surface area contributed by atoms with E-state index in [2.05, 4.69) is 22.4 Å². The van der Waals surface area contributed by atoms with E-state index in [-0.39, 0.29) is 11.8 Å². The van der Waals surface area contributed by atoms with Gasteiger partial charge in [0.1, 0.15) is 0 Å². The molecule has 2 atom stereocenters. The molecule has 1 unspecified atom stereocenters. The summed E-state index contributed by atoms with van der Waals surface area (Å²) in [7, 11) is 0. The molecule has 4 rings (SSSR count). The van der Waals surface area contributed by atoms with Crippen LogP contribution in [0, 0.1) is 5.92 Å². The molecule has 1 aromatic heterocycles. The zero-order chi connectivity index (χ0) is 22.9. The second-order valence-electron chi connectivity index (χ2n) is 9.11. The van der Waals surface area contributed by atoms with Gasteiger partial charge in [0.25, 0.3) is 0 Å². The number of hydrogen-bond acceptors (Lipinski definition) is 4. The quantitative estimate of drug-likeness (QED) is 0.409. The number of nitrogens with one attached hydrogen (secondary N) is 1. The average molecular weight is 447 g/mol. The van der Waals surface area contributed by atoms with E-state index >= 15 is 0 Å². The standard InChI is InChI=1S/C28H34N2O3/c31-26(19-17-22-12-6-2-7-13-22)30-24(18-16-21-10-4-1-5-11-21)27(32)28-29-20-25(33-28)23-14-8-3-9-15-23/h1,3-5,8-11,14-15,20,22,24,27,32H,2,6-7,12-13,16-19H2,(H,30,31)/t24-,27?/m0/s1. The lowest BCUT2D eigenvalue weighted by atomic mass is 9.86. The van der Waals surface area contributed by atoms with Crippen LogP contribution in [0.1, 0.15) is 68.9 Å². The van der Waals surface area contributed by atoms with E-state index in [9.17, 15) is 9.90 Å². The van der Waals surface area contributed by atoms with E-state index in [0.29, 0.717) is 24.5 Å². The van der Waals surface area contributed by atoms with Crippen molar-refractivity contribution >= 4 is 5.91 Å². The Hall–Kier alpha value is -2.92. The maximum atomic E-state index is 12.8. The number of aryl methyl sites for hydroxylation is 1. The molecule has 0 spiro atoms. The van der Waals surface area contributed by atoms with Crippen molar-refractivity contribution < 1.29 is 14.3 Å². The summed E-state index contributed by atoms with van der Waals surface area (Å²) in [6.07, 6.45) is 9.72. The number of hydrogen-bond donors (Lipinski definition) is 2. The van der Waals surface area contributed by atoms with Crippen LogP contribution >= 0.6 is 0 Å². The first-order valence-electron chi connectivity index (χ1n) is 12.2. The fraction of sp³-hybridized carbons (Fsp3) is 0.429. The Kier molecular flexibility index (Phi) is 8.31. The number of rotatable bonds is 10. The third-order valence-electron chi connectivity index (χ3n) is 6.65. The molecule has 5 heteroatoms. The third-order valence-corrected chi connectivity index (χ3v) is 6.65. The Morgan fingerprint density at radius 2 is 1.73 bits per heavy atom. The number of aromatic nitrogens is 1. The lowest BCUT2D eigenvalue weighted by Crippen LogP contribution is -2.40. The van der Waals surface area contributed by atoms with Crippen LogP contribution in [-0.4, -0.2) is 22.0 Å². The maximum absolute atomic E-state index is 12.8. The fourth-order valence-electron chi connectivity index (χ4n) is 4.70. The van der Waals surface area contributed by atoms with Gasteiger partial charge in [0.2, 0.25) is 11.8 Å². The lowest BCUT2D eigenvalue weighted by Gasteiger charge is -2.24. The highest BCUT2D eigenvalue weighted by Crippen LogP contribution is 2.28. The number of oxazole rings is 1. The van der Waals surface area contributed by atoms with Crippen LogP contribution in [0.25, 0.3) is 11.3 Å². The van der Waals surface area contributed by atoms with Crippen molar-refractivity contribution in [2.45, 2.75) is 69.9 Å². The monoisotopic (exact) mass is 446 g/mol. The molecule has 1 aliphatic rings. The Balaban J connectivity index is 1.42. The van der Waals surface area contributed by atoms with Crippen LogP contribution in [-0.2, 0) is 11.2 Å². The maximum Gasteiger partial charge on any atom is 0.225 e. The molecule has 1 amide bonds. The highest BCUT2D eigenvalue weighted by atomic mass is 16.4. The summed E-state index contributed by atoms with van der Waals surface area (Å²) in [5.41, 5.74) is 2.07. The minimum Gasteiger partial charge on any atom is -0.438 e. The van der Waals surface area contributed by atoms with Crippen LogP contribution in [0.15, 0.2) is 71.3 Å². The van der Waals surface area contributed by atoms with E-state index in [0.717, 1.165) is 18.4 Å². The minimum atomic E-state index is -1.01. The van der Waals surface area contributed by atoms with E-state index in [1.807, 2.05) is 48.5 Å². The van der Waals surface area contributed by atoms with Gasteiger partial charge in [0.05, 0.1) is 12.2 Å². The predicted molar refractivity (Wildman–Crippen MR) is 129 cm³/mol.